The first-order valence-corrected chi connectivity index (χ1v) is 4.59. The standard InChI is InChI=1S/C10H13N3O/c1-13-7-6-10(12-14)11-8-4-2-3-5-9(8)13/h2-5,14H,6-7H2,1H3,(H,11,12). The Morgan fingerprint density at radius 3 is 3.00 bits per heavy atom. The molecular weight excluding hydrogens is 178 g/mol. The van der Waals surface area contributed by atoms with Crippen LogP contribution in [-0.4, -0.2) is 24.6 Å². The minimum absolute atomic E-state index is 0.613. The number of anilines is 1. The lowest BCUT2D eigenvalue weighted by Gasteiger charge is -2.17. The van der Waals surface area contributed by atoms with Crippen molar-refractivity contribution in [2.45, 2.75) is 6.42 Å². The number of amidine groups is 1. The van der Waals surface area contributed by atoms with Crippen molar-refractivity contribution in [1.82, 2.24) is 5.48 Å². The maximum absolute atomic E-state index is 8.83. The summed E-state index contributed by atoms with van der Waals surface area (Å²) in [5.74, 6) is 0.613. The SMILES string of the molecule is CN1CCC(NO)=Nc2ccccc21. The maximum Gasteiger partial charge on any atom is 0.128 e. The fourth-order valence-electron chi connectivity index (χ4n) is 1.56. The van der Waals surface area contributed by atoms with Crippen LogP contribution in [0.4, 0.5) is 11.4 Å². The highest BCUT2D eigenvalue weighted by molar-refractivity contribution is 5.88. The van der Waals surface area contributed by atoms with Crippen molar-refractivity contribution in [3.63, 3.8) is 0 Å². The summed E-state index contributed by atoms with van der Waals surface area (Å²) in [4.78, 5) is 6.45. The van der Waals surface area contributed by atoms with Crippen molar-refractivity contribution in [3.05, 3.63) is 24.3 Å². The second kappa shape index (κ2) is 3.67. The van der Waals surface area contributed by atoms with Gasteiger partial charge in [-0.2, -0.15) is 0 Å². The molecule has 0 saturated carbocycles. The van der Waals surface area contributed by atoms with E-state index in [1.54, 1.807) is 0 Å². The van der Waals surface area contributed by atoms with E-state index < -0.39 is 0 Å². The molecule has 0 spiro atoms. The molecule has 0 aromatic heterocycles. The molecule has 0 aliphatic carbocycles. The summed E-state index contributed by atoms with van der Waals surface area (Å²) in [7, 11) is 2.02. The van der Waals surface area contributed by atoms with Crippen LogP contribution < -0.4 is 10.4 Å². The third kappa shape index (κ3) is 1.56. The predicted octanol–water partition coefficient (Wildman–Crippen LogP) is 1.54. The van der Waals surface area contributed by atoms with Gasteiger partial charge in [0.25, 0.3) is 0 Å². The summed E-state index contributed by atoms with van der Waals surface area (Å²) >= 11 is 0. The van der Waals surface area contributed by atoms with Crippen molar-refractivity contribution in [3.8, 4) is 0 Å². The average molecular weight is 191 g/mol. The third-order valence-corrected chi connectivity index (χ3v) is 2.36. The lowest BCUT2D eigenvalue weighted by atomic mass is 10.2. The van der Waals surface area contributed by atoms with Crippen LogP contribution in [0.3, 0.4) is 0 Å². The fourth-order valence-corrected chi connectivity index (χ4v) is 1.56. The van der Waals surface area contributed by atoms with E-state index in [2.05, 4.69) is 15.4 Å². The molecular formula is C10H13N3O. The monoisotopic (exact) mass is 191 g/mol. The predicted molar refractivity (Wildman–Crippen MR) is 56.3 cm³/mol. The van der Waals surface area contributed by atoms with Crippen molar-refractivity contribution >= 4 is 17.2 Å². The number of benzene rings is 1. The molecule has 74 valence electrons. The molecule has 14 heavy (non-hydrogen) atoms. The number of nitrogens with zero attached hydrogens (tertiary/aromatic N) is 2. The Bertz CT molecular complexity index is 362. The zero-order valence-electron chi connectivity index (χ0n) is 8.07. The topological polar surface area (TPSA) is 47.9 Å². The van der Waals surface area contributed by atoms with Gasteiger partial charge in [-0.05, 0) is 12.1 Å². The number of fused-ring (bicyclic) bond motifs is 1. The molecule has 0 unspecified atom stereocenters. The summed E-state index contributed by atoms with van der Waals surface area (Å²) in [5.41, 5.74) is 4.12. The number of hydrogen-bond acceptors (Lipinski definition) is 4. The molecule has 0 bridgehead atoms. The van der Waals surface area contributed by atoms with Crippen molar-refractivity contribution in [2.75, 3.05) is 18.5 Å². The second-order valence-corrected chi connectivity index (χ2v) is 3.33. The minimum atomic E-state index is 0.613. The number of hydroxylamine groups is 1. The average Bonchev–Trinajstić information content (AvgIpc) is 2.39. The van der Waals surface area contributed by atoms with Gasteiger partial charge in [-0.15, -0.1) is 0 Å². The Morgan fingerprint density at radius 2 is 2.21 bits per heavy atom. The molecule has 1 heterocycles. The van der Waals surface area contributed by atoms with Crippen LogP contribution in [0.1, 0.15) is 6.42 Å². The summed E-state index contributed by atoms with van der Waals surface area (Å²) in [6, 6.07) is 7.90. The van der Waals surface area contributed by atoms with E-state index >= 15 is 0 Å². The number of hydrogen-bond donors (Lipinski definition) is 2. The first-order valence-electron chi connectivity index (χ1n) is 4.59. The zero-order chi connectivity index (χ0) is 9.97. The van der Waals surface area contributed by atoms with Gasteiger partial charge in [0.1, 0.15) is 5.84 Å². The normalized spacial score (nSPS) is 15.6. The molecule has 0 atom stereocenters. The fraction of sp³-hybridized carbons (Fsp3) is 0.300. The molecule has 2 N–H and O–H groups in total. The zero-order valence-corrected chi connectivity index (χ0v) is 8.07. The summed E-state index contributed by atoms with van der Waals surface area (Å²) in [6.07, 6.45) is 0.724. The van der Waals surface area contributed by atoms with Gasteiger partial charge < -0.3 is 4.90 Å². The van der Waals surface area contributed by atoms with E-state index in [0.29, 0.717) is 5.84 Å². The lowest BCUT2D eigenvalue weighted by molar-refractivity contribution is 0.232. The molecule has 0 amide bonds. The number of nitrogens with one attached hydrogen (secondary N) is 1. The quantitative estimate of drug-likeness (QED) is 0.611. The lowest BCUT2D eigenvalue weighted by Crippen LogP contribution is -2.24. The Balaban J connectivity index is 2.45. The minimum Gasteiger partial charge on any atom is -0.372 e. The maximum atomic E-state index is 8.83. The van der Waals surface area contributed by atoms with E-state index in [1.165, 1.54) is 0 Å². The first-order chi connectivity index (χ1) is 6.81. The number of aliphatic imine (C=N–C) groups is 1. The molecule has 4 heteroatoms. The molecule has 0 saturated heterocycles. The highest BCUT2D eigenvalue weighted by Crippen LogP contribution is 2.29. The van der Waals surface area contributed by atoms with E-state index in [1.807, 2.05) is 31.3 Å². The van der Waals surface area contributed by atoms with Gasteiger partial charge in [-0.25, -0.2) is 4.99 Å². The van der Waals surface area contributed by atoms with Gasteiger partial charge in [0.05, 0.1) is 11.4 Å². The summed E-state index contributed by atoms with van der Waals surface area (Å²) in [5, 5.41) is 8.83. The van der Waals surface area contributed by atoms with E-state index in [4.69, 9.17) is 5.21 Å². The van der Waals surface area contributed by atoms with Crippen molar-refractivity contribution in [2.24, 2.45) is 4.99 Å². The summed E-state index contributed by atoms with van der Waals surface area (Å²) in [6.45, 7) is 0.851. The number of para-hydroxylation sites is 2. The molecule has 1 aromatic rings. The third-order valence-electron chi connectivity index (χ3n) is 2.36. The highest BCUT2D eigenvalue weighted by Gasteiger charge is 2.12. The summed E-state index contributed by atoms with van der Waals surface area (Å²) < 4.78 is 0. The van der Waals surface area contributed by atoms with E-state index in [0.717, 1.165) is 24.3 Å². The molecule has 0 radical (unpaired) electrons. The number of rotatable bonds is 0. The highest BCUT2D eigenvalue weighted by atomic mass is 16.5. The van der Waals surface area contributed by atoms with Crippen LogP contribution in [0.25, 0.3) is 0 Å². The molecule has 2 rings (SSSR count). The van der Waals surface area contributed by atoms with Crippen molar-refractivity contribution < 1.29 is 5.21 Å². The molecule has 1 aliphatic heterocycles. The van der Waals surface area contributed by atoms with Crippen LogP contribution in [0.5, 0.6) is 0 Å². The second-order valence-electron chi connectivity index (χ2n) is 3.33. The molecule has 1 aromatic carbocycles. The van der Waals surface area contributed by atoms with Crippen molar-refractivity contribution in [1.29, 1.82) is 0 Å². The van der Waals surface area contributed by atoms with Gasteiger partial charge in [-0.1, -0.05) is 12.1 Å². The van der Waals surface area contributed by atoms with E-state index in [9.17, 15) is 0 Å². The van der Waals surface area contributed by atoms with Crippen LogP contribution in [0.2, 0.25) is 0 Å². The molecule has 4 nitrogen and oxygen atoms in total. The Hall–Kier alpha value is -1.55. The first kappa shape index (κ1) is 9.02. The molecule has 1 aliphatic rings. The van der Waals surface area contributed by atoms with Gasteiger partial charge in [-0.3, -0.25) is 10.7 Å². The Kier molecular flexibility index (Phi) is 2.37. The van der Waals surface area contributed by atoms with Gasteiger partial charge in [0.2, 0.25) is 0 Å². The van der Waals surface area contributed by atoms with E-state index in [-0.39, 0.29) is 0 Å². The van der Waals surface area contributed by atoms with Crippen LogP contribution in [-0.2, 0) is 0 Å². The Morgan fingerprint density at radius 1 is 1.43 bits per heavy atom. The molecule has 0 fully saturated rings. The largest absolute Gasteiger partial charge is 0.372 e. The van der Waals surface area contributed by atoms with Crippen LogP contribution in [0, 0.1) is 0 Å². The van der Waals surface area contributed by atoms with Gasteiger partial charge >= 0.3 is 0 Å². The van der Waals surface area contributed by atoms with Gasteiger partial charge in [0, 0.05) is 20.0 Å². The van der Waals surface area contributed by atoms with Gasteiger partial charge in [0.15, 0.2) is 0 Å². The smallest absolute Gasteiger partial charge is 0.128 e. The Labute approximate surface area is 82.8 Å². The van der Waals surface area contributed by atoms with Crippen LogP contribution >= 0.6 is 0 Å². The van der Waals surface area contributed by atoms with Crippen LogP contribution in [0.15, 0.2) is 29.3 Å².